The lowest BCUT2D eigenvalue weighted by Crippen LogP contribution is -2.41. The molecule has 150 valence electrons. The number of amides is 1. The molecule has 1 unspecified atom stereocenters. The van der Waals surface area contributed by atoms with Gasteiger partial charge in [-0.05, 0) is 62.7 Å². The molecule has 3 rings (SSSR count). The zero-order valence-corrected chi connectivity index (χ0v) is 16.9. The van der Waals surface area contributed by atoms with Gasteiger partial charge in [-0.1, -0.05) is 30.3 Å². The zero-order valence-electron chi connectivity index (χ0n) is 16.9. The summed E-state index contributed by atoms with van der Waals surface area (Å²) in [6.07, 6.45) is 2.43. The first-order valence-corrected chi connectivity index (χ1v) is 10.2. The molecule has 5 nitrogen and oxygen atoms in total. The van der Waals surface area contributed by atoms with E-state index in [2.05, 4.69) is 34.2 Å². The van der Waals surface area contributed by atoms with E-state index in [1.54, 1.807) is 7.11 Å². The molecular weight excluding hydrogens is 350 g/mol. The Balaban J connectivity index is 1.64. The van der Waals surface area contributed by atoms with Crippen molar-refractivity contribution in [1.82, 2.24) is 10.2 Å². The third-order valence-corrected chi connectivity index (χ3v) is 5.39. The molecule has 2 aromatic rings. The molecule has 2 aromatic carbocycles. The number of carbonyl (C=O) groups excluding carboxylic acids is 1. The average molecular weight is 382 g/mol. The van der Waals surface area contributed by atoms with Crippen LogP contribution in [0.4, 0.5) is 5.69 Å². The molecule has 0 bridgehead atoms. The summed E-state index contributed by atoms with van der Waals surface area (Å²) in [5.74, 6) is 0.909. The second-order valence-electron chi connectivity index (χ2n) is 7.19. The third kappa shape index (κ3) is 5.26. The van der Waals surface area contributed by atoms with Crippen molar-refractivity contribution in [3.8, 4) is 5.75 Å². The maximum Gasteiger partial charge on any atom is 0.239 e. The lowest BCUT2D eigenvalue weighted by molar-refractivity contribution is -0.120. The van der Waals surface area contributed by atoms with Crippen LogP contribution < -0.4 is 15.0 Å². The summed E-state index contributed by atoms with van der Waals surface area (Å²) in [6.45, 7) is 5.99. The van der Waals surface area contributed by atoms with Gasteiger partial charge >= 0.3 is 0 Å². The normalized spacial score (nSPS) is 15.2. The summed E-state index contributed by atoms with van der Waals surface area (Å²) >= 11 is 0. The number of anilines is 1. The van der Waals surface area contributed by atoms with Gasteiger partial charge in [0.1, 0.15) is 5.75 Å². The second-order valence-corrected chi connectivity index (χ2v) is 7.19. The van der Waals surface area contributed by atoms with Crippen LogP contribution in [-0.2, 0) is 4.79 Å². The number of ether oxygens (including phenoxy) is 1. The number of hydrogen-bond donors (Lipinski definition) is 1. The highest BCUT2D eigenvalue weighted by atomic mass is 16.5. The van der Waals surface area contributed by atoms with Crippen LogP contribution in [0.2, 0.25) is 0 Å². The van der Waals surface area contributed by atoms with E-state index in [9.17, 15) is 4.79 Å². The predicted molar refractivity (Wildman–Crippen MR) is 114 cm³/mol. The first-order valence-electron chi connectivity index (χ1n) is 10.2. The van der Waals surface area contributed by atoms with Crippen molar-refractivity contribution in [3.63, 3.8) is 0 Å². The van der Waals surface area contributed by atoms with Crippen molar-refractivity contribution in [1.29, 1.82) is 0 Å². The van der Waals surface area contributed by atoms with Crippen LogP contribution in [0.5, 0.6) is 5.75 Å². The van der Waals surface area contributed by atoms with E-state index in [0.29, 0.717) is 13.1 Å². The largest absolute Gasteiger partial charge is 0.497 e. The molecule has 1 atom stereocenters. The maximum absolute atomic E-state index is 12.7. The lowest BCUT2D eigenvalue weighted by atomic mass is 10.0. The minimum atomic E-state index is 0.0535. The number of benzene rings is 2. The highest BCUT2D eigenvalue weighted by Crippen LogP contribution is 2.27. The lowest BCUT2D eigenvalue weighted by Gasteiger charge is -2.29. The van der Waals surface area contributed by atoms with Crippen LogP contribution >= 0.6 is 0 Å². The average Bonchev–Trinajstić information content (AvgIpc) is 3.27. The first-order chi connectivity index (χ1) is 13.7. The highest BCUT2D eigenvalue weighted by Gasteiger charge is 2.24. The third-order valence-electron chi connectivity index (χ3n) is 5.39. The Morgan fingerprint density at radius 3 is 2.57 bits per heavy atom. The van der Waals surface area contributed by atoms with Crippen LogP contribution in [0.15, 0.2) is 54.6 Å². The number of nitrogens with zero attached hydrogens (tertiary/aromatic N) is 2. The van der Waals surface area contributed by atoms with Gasteiger partial charge in [0.05, 0.1) is 19.7 Å². The van der Waals surface area contributed by atoms with E-state index >= 15 is 0 Å². The van der Waals surface area contributed by atoms with Gasteiger partial charge in [-0.25, -0.2) is 0 Å². The fourth-order valence-electron chi connectivity index (χ4n) is 3.82. The minimum Gasteiger partial charge on any atom is -0.497 e. The molecule has 1 fully saturated rings. The van der Waals surface area contributed by atoms with Crippen LogP contribution in [0, 0.1) is 0 Å². The Morgan fingerprint density at radius 1 is 1.14 bits per heavy atom. The molecule has 0 radical (unpaired) electrons. The summed E-state index contributed by atoms with van der Waals surface area (Å²) in [5, 5.41) is 3.17. The van der Waals surface area contributed by atoms with Crippen molar-refractivity contribution in [2.45, 2.75) is 25.8 Å². The number of carbonyl (C=O) groups is 1. The second kappa shape index (κ2) is 10.1. The number of rotatable bonds is 9. The smallest absolute Gasteiger partial charge is 0.239 e. The minimum absolute atomic E-state index is 0.0535. The van der Waals surface area contributed by atoms with Gasteiger partial charge in [0.15, 0.2) is 0 Å². The fourth-order valence-corrected chi connectivity index (χ4v) is 3.82. The number of likely N-dealkylation sites (N-methyl/N-ethyl adjacent to an activating group) is 1. The van der Waals surface area contributed by atoms with Gasteiger partial charge in [-0.3, -0.25) is 9.69 Å². The Labute approximate surface area is 168 Å². The van der Waals surface area contributed by atoms with E-state index in [0.717, 1.165) is 31.1 Å². The molecule has 1 aliphatic heterocycles. The summed E-state index contributed by atoms with van der Waals surface area (Å²) in [4.78, 5) is 17.2. The topological polar surface area (TPSA) is 44.8 Å². The zero-order chi connectivity index (χ0) is 19.8. The number of para-hydroxylation sites is 1. The number of methoxy groups -OCH3 is 1. The first kappa shape index (κ1) is 20.2. The summed E-state index contributed by atoms with van der Waals surface area (Å²) < 4.78 is 5.40. The number of nitrogens with one attached hydrogen (secondary N) is 1. The van der Waals surface area contributed by atoms with E-state index in [-0.39, 0.29) is 11.9 Å². The molecule has 0 saturated carbocycles. The van der Waals surface area contributed by atoms with Crippen LogP contribution in [0.25, 0.3) is 0 Å². The Hall–Kier alpha value is -2.53. The van der Waals surface area contributed by atoms with E-state index in [1.807, 2.05) is 42.5 Å². The molecule has 1 aliphatic rings. The number of hydrogen-bond acceptors (Lipinski definition) is 4. The van der Waals surface area contributed by atoms with Crippen molar-refractivity contribution >= 4 is 11.6 Å². The van der Waals surface area contributed by atoms with Gasteiger partial charge in [-0.15, -0.1) is 0 Å². The van der Waals surface area contributed by atoms with Crippen LogP contribution in [0.3, 0.4) is 0 Å². The SMILES string of the molecule is CCN(CC(=O)NCC(c1cccc(OC)c1)N1CCCC1)c1ccccc1. The molecule has 28 heavy (non-hydrogen) atoms. The molecule has 1 N–H and O–H groups in total. The Kier molecular flexibility index (Phi) is 7.31. The van der Waals surface area contributed by atoms with E-state index < -0.39 is 0 Å². The molecule has 0 aromatic heterocycles. The van der Waals surface area contributed by atoms with Crippen molar-refractivity contribution < 1.29 is 9.53 Å². The van der Waals surface area contributed by atoms with Crippen molar-refractivity contribution in [3.05, 3.63) is 60.2 Å². The van der Waals surface area contributed by atoms with Gasteiger partial charge in [0.25, 0.3) is 0 Å². The monoisotopic (exact) mass is 381 g/mol. The summed E-state index contributed by atoms with van der Waals surface area (Å²) in [5.41, 5.74) is 2.26. The molecule has 1 saturated heterocycles. The molecule has 1 heterocycles. The van der Waals surface area contributed by atoms with Gasteiger partial charge in [0.2, 0.25) is 5.91 Å². The Morgan fingerprint density at radius 2 is 1.89 bits per heavy atom. The van der Waals surface area contributed by atoms with Gasteiger partial charge in [0, 0.05) is 18.8 Å². The van der Waals surface area contributed by atoms with E-state index in [4.69, 9.17) is 4.74 Å². The standard InChI is InChI=1S/C23H31N3O2/c1-3-25(20-11-5-4-6-12-20)18-23(27)24-17-22(26-14-7-8-15-26)19-10-9-13-21(16-19)28-2/h4-6,9-13,16,22H,3,7-8,14-15,17-18H2,1-2H3,(H,24,27). The molecule has 5 heteroatoms. The Bertz CT molecular complexity index is 745. The highest BCUT2D eigenvalue weighted by molar-refractivity contribution is 5.81. The predicted octanol–water partition coefficient (Wildman–Crippen LogP) is 3.47. The van der Waals surface area contributed by atoms with Crippen molar-refractivity contribution in [2.24, 2.45) is 0 Å². The van der Waals surface area contributed by atoms with Crippen molar-refractivity contribution in [2.75, 3.05) is 44.7 Å². The molecule has 0 aliphatic carbocycles. The van der Waals surface area contributed by atoms with Crippen LogP contribution in [-0.4, -0.2) is 50.6 Å². The summed E-state index contributed by atoms with van der Waals surface area (Å²) in [6, 6.07) is 18.4. The maximum atomic E-state index is 12.7. The fraction of sp³-hybridized carbons (Fsp3) is 0.435. The van der Waals surface area contributed by atoms with Gasteiger partial charge in [-0.2, -0.15) is 0 Å². The molecule has 1 amide bonds. The summed E-state index contributed by atoms with van der Waals surface area (Å²) in [7, 11) is 1.69. The van der Waals surface area contributed by atoms with E-state index in [1.165, 1.54) is 18.4 Å². The van der Waals surface area contributed by atoms with Crippen LogP contribution in [0.1, 0.15) is 31.4 Å². The molecule has 0 spiro atoms. The molecular formula is C23H31N3O2. The van der Waals surface area contributed by atoms with Gasteiger partial charge < -0.3 is 15.0 Å². The number of likely N-dealkylation sites (tertiary alicyclic amines) is 1. The quantitative estimate of drug-likeness (QED) is 0.722.